The van der Waals surface area contributed by atoms with Crippen LogP contribution in [0, 0.1) is 0 Å². The molecule has 1 aliphatic rings. The van der Waals surface area contributed by atoms with Gasteiger partial charge in [-0.15, -0.1) is 0 Å². The van der Waals surface area contributed by atoms with Crippen molar-refractivity contribution in [2.24, 2.45) is 0 Å². The maximum absolute atomic E-state index is 12.5. The normalized spacial score (nSPS) is 16.0. The summed E-state index contributed by atoms with van der Waals surface area (Å²) >= 11 is 0. The van der Waals surface area contributed by atoms with E-state index in [4.69, 9.17) is 4.42 Å². The molecule has 0 bridgehead atoms. The first kappa shape index (κ1) is 13.7. The van der Waals surface area contributed by atoms with Gasteiger partial charge < -0.3 is 14.2 Å². The molecule has 0 atom stereocenters. The standard InChI is InChI=1S/C16H18N2O3/c1-12(19)17-7-4-8-18(10-9-17)16(20)15-11-13-5-2-3-6-14(13)21-15/h2-3,5-6,11H,4,7-10H2,1H3. The molecule has 5 heteroatoms. The average molecular weight is 286 g/mol. The highest BCUT2D eigenvalue weighted by atomic mass is 16.3. The number of carbonyl (C=O) groups is 2. The number of fused-ring (bicyclic) bond motifs is 1. The van der Waals surface area contributed by atoms with E-state index in [1.165, 1.54) is 0 Å². The minimum Gasteiger partial charge on any atom is -0.451 e. The van der Waals surface area contributed by atoms with Crippen LogP contribution in [0.3, 0.4) is 0 Å². The Morgan fingerprint density at radius 2 is 1.76 bits per heavy atom. The minimum atomic E-state index is -0.100. The Morgan fingerprint density at radius 3 is 2.52 bits per heavy atom. The highest BCUT2D eigenvalue weighted by Crippen LogP contribution is 2.20. The number of carbonyl (C=O) groups excluding carboxylic acids is 2. The van der Waals surface area contributed by atoms with Crippen LogP contribution in [0.4, 0.5) is 0 Å². The topological polar surface area (TPSA) is 53.8 Å². The number of para-hydroxylation sites is 1. The van der Waals surface area contributed by atoms with Crippen molar-refractivity contribution in [1.82, 2.24) is 9.80 Å². The maximum Gasteiger partial charge on any atom is 0.289 e. The van der Waals surface area contributed by atoms with Crippen LogP contribution in [-0.4, -0.2) is 47.8 Å². The van der Waals surface area contributed by atoms with Crippen LogP contribution >= 0.6 is 0 Å². The number of hydrogen-bond donors (Lipinski definition) is 0. The third-order valence-corrected chi connectivity index (χ3v) is 3.86. The third-order valence-electron chi connectivity index (χ3n) is 3.86. The Hall–Kier alpha value is -2.30. The quantitative estimate of drug-likeness (QED) is 0.807. The van der Waals surface area contributed by atoms with E-state index >= 15 is 0 Å². The second-order valence-corrected chi connectivity index (χ2v) is 5.30. The van der Waals surface area contributed by atoms with E-state index in [0.717, 1.165) is 17.4 Å². The van der Waals surface area contributed by atoms with Gasteiger partial charge in [0.25, 0.3) is 5.91 Å². The molecule has 2 aromatic rings. The summed E-state index contributed by atoms with van der Waals surface area (Å²) in [4.78, 5) is 27.5. The Kier molecular flexibility index (Phi) is 3.64. The van der Waals surface area contributed by atoms with Crippen LogP contribution in [0.2, 0.25) is 0 Å². The van der Waals surface area contributed by atoms with Crippen LogP contribution in [0.15, 0.2) is 34.7 Å². The molecule has 1 aliphatic heterocycles. The van der Waals surface area contributed by atoms with Crippen molar-refractivity contribution >= 4 is 22.8 Å². The molecule has 2 amide bonds. The molecule has 1 saturated heterocycles. The summed E-state index contributed by atoms with van der Waals surface area (Å²) in [6, 6.07) is 9.37. The lowest BCUT2D eigenvalue weighted by molar-refractivity contribution is -0.128. The second kappa shape index (κ2) is 5.60. The van der Waals surface area contributed by atoms with Crippen molar-refractivity contribution in [2.75, 3.05) is 26.2 Å². The number of benzene rings is 1. The highest BCUT2D eigenvalue weighted by molar-refractivity contribution is 5.96. The minimum absolute atomic E-state index is 0.0630. The molecular weight excluding hydrogens is 268 g/mol. The molecule has 3 rings (SSSR count). The van der Waals surface area contributed by atoms with Crippen molar-refractivity contribution in [1.29, 1.82) is 0 Å². The van der Waals surface area contributed by atoms with Crippen LogP contribution in [0.5, 0.6) is 0 Å². The molecule has 21 heavy (non-hydrogen) atoms. The van der Waals surface area contributed by atoms with Gasteiger partial charge in [0, 0.05) is 38.5 Å². The summed E-state index contributed by atoms with van der Waals surface area (Å²) in [5.74, 6) is 0.331. The summed E-state index contributed by atoms with van der Waals surface area (Å²) in [5, 5.41) is 0.932. The highest BCUT2D eigenvalue weighted by Gasteiger charge is 2.23. The van der Waals surface area contributed by atoms with Gasteiger partial charge in [-0.2, -0.15) is 0 Å². The predicted octanol–water partition coefficient (Wildman–Crippen LogP) is 2.13. The van der Waals surface area contributed by atoms with Gasteiger partial charge in [0.1, 0.15) is 5.58 Å². The molecule has 0 N–H and O–H groups in total. The Balaban J connectivity index is 1.77. The number of nitrogens with zero attached hydrogens (tertiary/aromatic N) is 2. The van der Waals surface area contributed by atoms with Crippen LogP contribution < -0.4 is 0 Å². The van der Waals surface area contributed by atoms with Gasteiger partial charge in [-0.3, -0.25) is 9.59 Å². The van der Waals surface area contributed by atoms with Gasteiger partial charge >= 0.3 is 0 Å². The van der Waals surface area contributed by atoms with E-state index < -0.39 is 0 Å². The van der Waals surface area contributed by atoms with Crippen molar-refractivity contribution in [3.05, 3.63) is 36.1 Å². The van der Waals surface area contributed by atoms with Crippen molar-refractivity contribution in [2.45, 2.75) is 13.3 Å². The molecule has 2 heterocycles. The third kappa shape index (κ3) is 2.77. The maximum atomic E-state index is 12.5. The van der Waals surface area contributed by atoms with Crippen molar-refractivity contribution < 1.29 is 14.0 Å². The fourth-order valence-electron chi connectivity index (χ4n) is 2.68. The summed E-state index contributed by atoms with van der Waals surface area (Å²) in [5.41, 5.74) is 0.723. The summed E-state index contributed by atoms with van der Waals surface area (Å²) in [6.07, 6.45) is 0.797. The SMILES string of the molecule is CC(=O)N1CCCN(C(=O)c2cc3ccccc3o2)CC1. The smallest absolute Gasteiger partial charge is 0.289 e. The Morgan fingerprint density at radius 1 is 1.05 bits per heavy atom. The fourth-order valence-corrected chi connectivity index (χ4v) is 2.68. The molecule has 5 nitrogen and oxygen atoms in total. The van der Waals surface area contributed by atoms with E-state index in [1.54, 1.807) is 22.8 Å². The first-order valence-corrected chi connectivity index (χ1v) is 7.18. The van der Waals surface area contributed by atoms with Crippen LogP contribution in [0.1, 0.15) is 23.9 Å². The lowest BCUT2D eigenvalue weighted by atomic mass is 10.2. The number of amides is 2. The van der Waals surface area contributed by atoms with Gasteiger partial charge in [-0.05, 0) is 18.6 Å². The van der Waals surface area contributed by atoms with Gasteiger partial charge in [-0.25, -0.2) is 0 Å². The molecule has 1 aromatic heterocycles. The molecule has 0 unspecified atom stereocenters. The zero-order valence-electron chi connectivity index (χ0n) is 12.0. The molecule has 0 radical (unpaired) electrons. The average Bonchev–Trinajstić information content (AvgIpc) is 2.75. The summed E-state index contributed by atoms with van der Waals surface area (Å²) in [7, 11) is 0. The molecule has 1 aromatic carbocycles. The van der Waals surface area contributed by atoms with E-state index in [9.17, 15) is 9.59 Å². The van der Waals surface area contributed by atoms with Gasteiger partial charge in [-0.1, -0.05) is 18.2 Å². The lowest BCUT2D eigenvalue weighted by Gasteiger charge is -2.20. The fraction of sp³-hybridized carbons (Fsp3) is 0.375. The summed E-state index contributed by atoms with van der Waals surface area (Å²) in [6.45, 7) is 4.06. The number of furan rings is 1. The Bertz CT molecular complexity index is 644. The van der Waals surface area contributed by atoms with Crippen molar-refractivity contribution in [3.63, 3.8) is 0 Å². The number of hydrogen-bond acceptors (Lipinski definition) is 3. The second-order valence-electron chi connectivity index (χ2n) is 5.30. The zero-order chi connectivity index (χ0) is 14.8. The number of rotatable bonds is 1. The van der Waals surface area contributed by atoms with Gasteiger partial charge in [0.05, 0.1) is 0 Å². The lowest BCUT2D eigenvalue weighted by Crippen LogP contribution is -2.36. The monoisotopic (exact) mass is 286 g/mol. The van der Waals surface area contributed by atoms with Gasteiger partial charge in [0.2, 0.25) is 5.91 Å². The molecule has 110 valence electrons. The molecule has 0 aliphatic carbocycles. The summed E-state index contributed by atoms with van der Waals surface area (Å²) < 4.78 is 5.63. The van der Waals surface area contributed by atoms with E-state index in [0.29, 0.717) is 31.9 Å². The molecular formula is C16H18N2O3. The molecule has 0 saturated carbocycles. The van der Waals surface area contributed by atoms with E-state index in [1.807, 2.05) is 24.3 Å². The molecule has 0 spiro atoms. The molecule has 1 fully saturated rings. The van der Waals surface area contributed by atoms with Crippen molar-refractivity contribution in [3.8, 4) is 0 Å². The van der Waals surface area contributed by atoms with Crippen LogP contribution in [-0.2, 0) is 4.79 Å². The first-order valence-electron chi connectivity index (χ1n) is 7.18. The Labute approximate surface area is 123 Å². The first-order chi connectivity index (χ1) is 10.1. The van der Waals surface area contributed by atoms with E-state index in [-0.39, 0.29) is 11.8 Å². The zero-order valence-corrected chi connectivity index (χ0v) is 12.0. The van der Waals surface area contributed by atoms with Crippen LogP contribution in [0.25, 0.3) is 11.0 Å². The van der Waals surface area contributed by atoms with Gasteiger partial charge in [0.15, 0.2) is 5.76 Å². The van der Waals surface area contributed by atoms with E-state index in [2.05, 4.69) is 0 Å². The predicted molar refractivity (Wildman–Crippen MR) is 79.0 cm³/mol. The largest absolute Gasteiger partial charge is 0.451 e.